The minimum absolute atomic E-state index is 0.155. The number of anilines is 1. The molecule has 8 nitrogen and oxygen atoms in total. The Balaban J connectivity index is 1.58. The van der Waals surface area contributed by atoms with E-state index in [1.807, 2.05) is 30.7 Å². The van der Waals surface area contributed by atoms with E-state index >= 15 is 0 Å². The number of pyridine rings is 1. The fourth-order valence-electron chi connectivity index (χ4n) is 4.90. The molecule has 4 heterocycles. The molecule has 0 bridgehead atoms. The van der Waals surface area contributed by atoms with Crippen molar-refractivity contribution in [3.05, 3.63) is 23.0 Å². The first kappa shape index (κ1) is 20.0. The number of rotatable bonds is 4. The molecule has 3 aliphatic rings. The van der Waals surface area contributed by atoms with Crippen molar-refractivity contribution in [1.82, 2.24) is 9.55 Å². The van der Waals surface area contributed by atoms with Crippen molar-refractivity contribution < 1.29 is 19.3 Å². The molecule has 2 saturated heterocycles. The molecule has 30 heavy (non-hydrogen) atoms. The molecule has 1 aliphatic carbocycles. The molecular formula is C21H25ClN4O4. The van der Waals surface area contributed by atoms with Gasteiger partial charge in [-0.05, 0) is 32.8 Å². The van der Waals surface area contributed by atoms with Crippen LogP contribution in [0.25, 0.3) is 11.0 Å². The maximum Gasteiger partial charge on any atom is 0.164 e. The van der Waals surface area contributed by atoms with Crippen LogP contribution in [0.5, 0.6) is 0 Å². The average Bonchev–Trinajstić information content (AvgIpc) is 3.45. The third-order valence-electron chi connectivity index (χ3n) is 6.21. The lowest BCUT2D eigenvalue weighted by Crippen LogP contribution is -2.31. The van der Waals surface area contributed by atoms with Crippen LogP contribution < -0.4 is 5.32 Å². The van der Waals surface area contributed by atoms with Crippen LogP contribution >= 0.6 is 11.6 Å². The number of nitriles is 1. The van der Waals surface area contributed by atoms with Gasteiger partial charge in [-0.25, -0.2) is 4.98 Å². The molecule has 2 aliphatic heterocycles. The summed E-state index contributed by atoms with van der Waals surface area (Å²) < 4.78 is 20.0. The van der Waals surface area contributed by atoms with Crippen molar-refractivity contribution in [1.29, 1.82) is 5.26 Å². The maximum absolute atomic E-state index is 9.78. The summed E-state index contributed by atoms with van der Waals surface area (Å²) in [6, 6.07) is 4.44. The lowest BCUT2D eigenvalue weighted by Gasteiger charge is -2.24. The zero-order valence-electron chi connectivity index (χ0n) is 17.0. The van der Waals surface area contributed by atoms with E-state index in [4.69, 9.17) is 25.8 Å². The Morgan fingerprint density at radius 3 is 2.77 bits per heavy atom. The lowest BCUT2D eigenvalue weighted by molar-refractivity contribution is -0.199. The van der Waals surface area contributed by atoms with Gasteiger partial charge in [0.1, 0.15) is 35.6 Å². The van der Waals surface area contributed by atoms with Gasteiger partial charge in [0.15, 0.2) is 17.2 Å². The predicted molar refractivity (Wildman–Crippen MR) is 110 cm³/mol. The van der Waals surface area contributed by atoms with Crippen molar-refractivity contribution >= 4 is 28.3 Å². The Bertz CT molecular complexity index is 1010. The van der Waals surface area contributed by atoms with Gasteiger partial charge in [-0.2, -0.15) is 5.26 Å². The molecule has 0 spiro atoms. The Morgan fingerprint density at radius 2 is 2.07 bits per heavy atom. The van der Waals surface area contributed by atoms with Crippen LogP contribution in [0.4, 0.5) is 5.69 Å². The SMILES string of the molecule is CC1(C)O[C@@H]2[C@H](O1)[C@@H](CO)O[C@H]2n1ccc2c(NC3CCCC3)c(C#N)c(Cl)nc21. The van der Waals surface area contributed by atoms with Crippen molar-refractivity contribution in [3.63, 3.8) is 0 Å². The molecule has 3 fully saturated rings. The molecule has 160 valence electrons. The minimum atomic E-state index is -0.762. The van der Waals surface area contributed by atoms with Crippen LogP contribution in [0, 0.1) is 11.3 Å². The number of aliphatic hydroxyl groups is 1. The molecule has 0 aromatic carbocycles. The summed E-state index contributed by atoms with van der Waals surface area (Å²) in [5.41, 5.74) is 1.68. The third kappa shape index (κ3) is 3.17. The summed E-state index contributed by atoms with van der Waals surface area (Å²) in [4.78, 5) is 4.51. The molecular weight excluding hydrogens is 408 g/mol. The summed E-state index contributed by atoms with van der Waals surface area (Å²) in [5, 5.41) is 24.0. The Morgan fingerprint density at radius 1 is 1.33 bits per heavy atom. The Labute approximate surface area is 179 Å². The monoisotopic (exact) mass is 432 g/mol. The van der Waals surface area contributed by atoms with E-state index in [1.165, 1.54) is 12.8 Å². The van der Waals surface area contributed by atoms with E-state index in [0.717, 1.165) is 23.9 Å². The summed E-state index contributed by atoms with van der Waals surface area (Å²) in [6.45, 7) is 3.53. The second kappa shape index (κ2) is 7.36. The highest BCUT2D eigenvalue weighted by atomic mass is 35.5. The number of aromatic nitrogens is 2. The summed E-state index contributed by atoms with van der Waals surface area (Å²) in [7, 11) is 0. The number of hydrogen-bond acceptors (Lipinski definition) is 7. The van der Waals surface area contributed by atoms with E-state index in [9.17, 15) is 10.4 Å². The molecule has 0 unspecified atom stereocenters. The summed E-state index contributed by atoms with van der Waals surface area (Å²) >= 11 is 6.42. The van der Waals surface area contributed by atoms with Gasteiger partial charge in [0.2, 0.25) is 0 Å². The highest BCUT2D eigenvalue weighted by molar-refractivity contribution is 6.31. The zero-order valence-corrected chi connectivity index (χ0v) is 17.7. The molecule has 0 amide bonds. The van der Waals surface area contributed by atoms with E-state index < -0.39 is 24.2 Å². The number of nitrogens with one attached hydrogen (secondary N) is 1. The molecule has 2 N–H and O–H groups in total. The Kier molecular flexibility index (Phi) is 4.92. The molecule has 1 saturated carbocycles. The molecule has 2 aromatic rings. The lowest BCUT2D eigenvalue weighted by atomic mass is 10.1. The highest BCUT2D eigenvalue weighted by Gasteiger charge is 2.55. The van der Waals surface area contributed by atoms with E-state index in [-0.39, 0.29) is 17.9 Å². The van der Waals surface area contributed by atoms with Gasteiger partial charge in [-0.1, -0.05) is 24.4 Å². The molecule has 4 atom stereocenters. The van der Waals surface area contributed by atoms with Crippen LogP contribution in [0.3, 0.4) is 0 Å². The smallest absolute Gasteiger partial charge is 0.164 e. The Hall–Kier alpha value is -1.89. The molecule has 5 rings (SSSR count). The molecule has 0 radical (unpaired) electrons. The van der Waals surface area contributed by atoms with Crippen LogP contribution in [0.2, 0.25) is 5.15 Å². The van der Waals surface area contributed by atoms with Crippen LogP contribution in [-0.4, -0.2) is 51.4 Å². The van der Waals surface area contributed by atoms with Crippen molar-refractivity contribution in [2.75, 3.05) is 11.9 Å². The number of nitrogens with zero attached hydrogens (tertiary/aromatic N) is 3. The fraction of sp³-hybridized carbons (Fsp3) is 0.619. The third-order valence-corrected chi connectivity index (χ3v) is 6.49. The number of ether oxygens (including phenoxy) is 3. The van der Waals surface area contributed by atoms with Crippen LogP contribution in [-0.2, 0) is 14.2 Å². The average molecular weight is 433 g/mol. The van der Waals surface area contributed by atoms with Gasteiger partial charge in [-0.15, -0.1) is 0 Å². The van der Waals surface area contributed by atoms with Crippen LogP contribution in [0.15, 0.2) is 12.3 Å². The first-order valence-corrected chi connectivity index (χ1v) is 10.8. The number of hydrogen-bond donors (Lipinski definition) is 2. The second-order valence-corrected chi connectivity index (χ2v) is 9.02. The van der Waals surface area contributed by atoms with Crippen molar-refractivity contribution in [2.45, 2.75) is 75.9 Å². The quantitative estimate of drug-likeness (QED) is 0.714. The van der Waals surface area contributed by atoms with Gasteiger partial charge < -0.3 is 29.2 Å². The highest BCUT2D eigenvalue weighted by Crippen LogP contribution is 2.44. The summed E-state index contributed by atoms with van der Waals surface area (Å²) in [6.07, 6.45) is 4.57. The topological polar surface area (TPSA) is 102 Å². The minimum Gasteiger partial charge on any atom is -0.394 e. The van der Waals surface area contributed by atoms with Gasteiger partial charge >= 0.3 is 0 Å². The largest absolute Gasteiger partial charge is 0.394 e. The van der Waals surface area contributed by atoms with E-state index in [2.05, 4.69) is 16.4 Å². The first-order chi connectivity index (χ1) is 14.4. The zero-order chi connectivity index (χ0) is 21.0. The van der Waals surface area contributed by atoms with Gasteiger partial charge in [0.05, 0.1) is 12.3 Å². The van der Waals surface area contributed by atoms with E-state index in [0.29, 0.717) is 17.3 Å². The standard InChI is InChI=1S/C21H25ClN4O4/c1-21(2)29-16-14(10-27)28-20(17(16)30-21)26-8-7-12-15(24-11-5-3-4-6-11)13(9-23)18(22)25-19(12)26/h7-8,11,14,16-17,20,27H,3-6,10H2,1-2H3,(H,24,25)/t14-,16-,17-,20-/m1/s1. The fourth-order valence-corrected chi connectivity index (χ4v) is 5.12. The van der Waals surface area contributed by atoms with E-state index in [1.54, 1.807) is 0 Å². The maximum atomic E-state index is 9.78. The predicted octanol–water partition coefficient (Wildman–Crippen LogP) is 3.33. The first-order valence-electron chi connectivity index (χ1n) is 10.4. The van der Waals surface area contributed by atoms with Crippen molar-refractivity contribution in [3.8, 4) is 6.07 Å². The van der Waals surface area contributed by atoms with Gasteiger partial charge in [0.25, 0.3) is 0 Å². The van der Waals surface area contributed by atoms with Gasteiger partial charge in [-0.3, -0.25) is 0 Å². The molecule has 2 aromatic heterocycles. The number of aliphatic hydroxyl groups excluding tert-OH is 1. The van der Waals surface area contributed by atoms with Crippen molar-refractivity contribution in [2.24, 2.45) is 0 Å². The van der Waals surface area contributed by atoms with Crippen LogP contribution in [0.1, 0.15) is 51.3 Å². The molecule has 9 heteroatoms. The number of fused-ring (bicyclic) bond motifs is 2. The van der Waals surface area contributed by atoms with Gasteiger partial charge in [0, 0.05) is 17.6 Å². The summed E-state index contributed by atoms with van der Waals surface area (Å²) in [5.74, 6) is -0.762. The second-order valence-electron chi connectivity index (χ2n) is 8.66. The number of halogens is 1. The normalized spacial score (nSPS) is 30.6.